The number of allylic oxidation sites excluding steroid dienone is 4. The summed E-state index contributed by atoms with van der Waals surface area (Å²) in [6, 6.07) is 16.5. The minimum Gasteiger partial charge on any atom is -0.445 e. The maximum absolute atomic E-state index is 12.6. The fraction of sp³-hybridized carbons (Fsp3) is 0.0952. The molecule has 2 aromatic rings. The fourth-order valence-electron chi connectivity index (χ4n) is 4.10. The van der Waals surface area contributed by atoms with E-state index in [-0.39, 0.29) is 11.9 Å². The van der Waals surface area contributed by atoms with Gasteiger partial charge in [-0.2, -0.15) is 0 Å². The number of ether oxygens (including phenoxy) is 1. The van der Waals surface area contributed by atoms with Gasteiger partial charge in [-0.05, 0) is 11.1 Å². The Morgan fingerprint density at radius 3 is 2.17 bits per heavy atom. The maximum Gasteiger partial charge on any atom is 0.336 e. The Morgan fingerprint density at radius 2 is 1.48 bits per heavy atom. The Kier molecular flexibility index (Phi) is 2.38. The second-order valence-corrected chi connectivity index (χ2v) is 6.09. The Morgan fingerprint density at radius 1 is 0.826 bits per heavy atom. The molecule has 1 atom stereocenters. The van der Waals surface area contributed by atoms with E-state index in [4.69, 9.17) is 4.74 Å². The molecule has 2 aromatic carbocycles. The van der Waals surface area contributed by atoms with Gasteiger partial charge in [-0.1, -0.05) is 78.9 Å². The average Bonchev–Trinajstić information content (AvgIpc) is 2.88. The largest absolute Gasteiger partial charge is 0.445 e. The molecule has 0 saturated carbocycles. The second kappa shape index (κ2) is 4.32. The van der Waals surface area contributed by atoms with Gasteiger partial charge in [-0.15, -0.1) is 0 Å². The summed E-state index contributed by atoms with van der Waals surface area (Å²) in [6.45, 7) is 0. The van der Waals surface area contributed by atoms with Crippen LogP contribution in [0.15, 0.2) is 84.5 Å². The molecule has 0 radical (unpaired) electrons. The highest BCUT2D eigenvalue weighted by molar-refractivity contribution is 5.96. The standard InChI is InChI=1S/C21H14O2/c22-20-16-10-2-1-3-11-19(16)21(23-20)17-12-6-4-8-14(17)15-9-5-7-13-18(15)21/h1-13,19H. The number of hydrogen-bond acceptors (Lipinski definition) is 2. The lowest BCUT2D eigenvalue weighted by atomic mass is 9.77. The average molecular weight is 298 g/mol. The fourth-order valence-corrected chi connectivity index (χ4v) is 4.10. The summed E-state index contributed by atoms with van der Waals surface area (Å²) in [7, 11) is 0. The number of esters is 1. The van der Waals surface area contributed by atoms with Gasteiger partial charge < -0.3 is 4.74 Å². The summed E-state index contributed by atoms with van der Waals surface area (Å²) < 4.78 is 6.07. The van der Waals surface area contributed by atoms with Gasteiger partial charge in [0.1, 0.15) is 0 Å². The zero-order valence-corrected chi connectivity index (χ0v) is 12.4. The van der Waals surface area contributed by atoms with E-state index >= 15 is 0 Å². The molecule has 0 amide bonds. The van der Waals surface area contributed by atoms with Crippen LogP contribution in [-0.2, 0) is 15.1 Å². The number of rotatable bonds is 0. The van der Waals surface area contributed by atoms with Crippen molar-refractivity contribution in [2.45, 2.75) is 5.60 Å². The van der Waals surface area contributed by atoms with Crippen molar-refractivity contribution in [1.29, 1.82) is 0 Å². The van der Waals surface area contributed by atoms with Gasteiger partial charge in [0.15, 0.2) is 5.60 Å². The van der Waals surface area contributed by atoms with Gasteiger partial charge in [0, 0.05) is 16.7 Å². The lowest BCUT2D eigenvalue weighted by Gasteiger charge is -2.30. The molecule has 1 heterocycles. The third-order valence-electron chi connectivity index (χ3n) is 5.01. The van der Waals surface area contributed by atoms with Crippen LogP contribution in [0, 0.1) is 5.92 Å². The van der Waals surface area contributed by atoms with Crippen LogP contribution in [0.3, 0.4) is 0 Å². The van der Waals surface area contributed by atoms with E-state index < -0.39 is 5.60 Å². The monoisotopic (exact) mass is 298 g/mol. The van der Waals surface area contributed by atoms with Gasteiger partial charge in [0.05, 0.1) is 5.92 Å². The third-order valence-corrected chi connectivity index (χ3v) is 5.01. The first kappa shape index (κ1) is 12.7. The molecule has 2 heteroatoms. The van der Waals surface area contributed by atoms with Gasteiger partial charge >= 0.3 is 5.97 Å². The van der Waals surface area contributed by atoms with Crippen molar-refractivity contribution >= 4 is 5.97 Å². The van der Waals surface area contributed by atoms with Gasteiger partial charge in [0.25, 0.3) is 0 Å². The van der Waals surface area contributed by atoms with E-state index in [9.17, 15) is 4.79 Å². The van der Waals surface area contributed by atoms with E-state index in [1.54, 1.807) is 0 Å². The Hall–Kier alpha value is -2.87. The van der Waals surface area contributed by atoms with Crippen molar-refractivity contribution < 1.29 is 9.53 Å². The second-order valence-electron chi connectivity index (χ2n) is 6.09. The van der Waals surface area contributed by atoms with Gasteiger partial charge in [0.2, 0.25) is 0 Å². The van der Waals surface area contributed by atoms with Gasteiger partial charge in [-0.3, -0.25) is 0 Å². The third kappa shape index (κ3) is 1.45. The lowest BCUT2D eigenvalue weighted by Crippen LogP contribution is -2.31. The van der Waals surface area contributed by atoms with Crippen LogP contribution >= 0.6 is 0 Å². The molecule has 1 fully saturated rings. The number of hydrogen-bond donors (Lipinski definition) is 0. The predicted octanol–water partition coefficient (Wildman–Crippen LogP) is 4.14. The highest BCUT2D eigenvalue weighted by Crippen LogP contribution is 2.58. The minimum absolute atomic E-state index is 0.102. The van der Waals surface area contributed by atoms with Crippen LogP contribution in [-0.4, -0.2) is 5.97 Å². The molecule has 3 aliphatic rings. The molecule has 1 saturated heterocycles. The van der Waals surface area contributed by atoms with Crippen molar-refractivity contribution in [3.63, 3.8) is 0 Å². The van der Waals surface area contributed by atoms with Crippen molar-refractivity contribution in [2.24, 2.45) is 5.92 Å². The first-order valence-electron chi connectivity index (χ1n) is 7.80. The van der Waals surface area contributed by atoms with Crippen molar-refractivity contribution in [1.82, 2.24) is 0 Å². The summed E-state index contributed by atoms with van der Waals surface area (Å²) in [5.41, 5.74) is 4.45. The van der Waals surface area contributed by atoms with Gasteiger partial charge in [-0.25, -0.2) is 4.79 Å². The van der Waals surface area contributed by atoms with E-state index in [1.807, 2.05) is 48.6 Å². The van der Waals surface area contributed by atoms with Crippen LogP contribution < -0.4 is 0 Å². The molecule has 23 heavy (non-hydrogen) atoms. The van der Waals surface area contributed by atoms with Crippen molar-refractivity contribution in [3.05, 3.63) is 95.6 Å². The zero-order valence-electron chi connectivity index (χ0n) is 12.4. The normalized spacial score (nSPS) is 22.2. The van der Waals surface area contributed by atoms with E-state index in [0.717, 1.165) is 27.8 Å². The molecule has 1 aliphatic heterocycles. The molecule has 0 bridgehead atoms. The molecule has 1 unspecified atom stereocenters. The van der Waals surface area contributed by atoms with E-state index in [2.05, 4.69) is 30.3 Å². The summed E-state index contributed by atoms with van der Waals surface area (Å²) in [6.07, 6.45) is 9.82. The molecule has 5 rings (SSSR count). The summed E-state index contributed by atoms with van der Waals surface area (Å²) in [5, 5.41) is 0. The lowest BCUT2D eigenvalue weighted by molar-refractivity contribution is -0.144. The predicted molar refractivity (Wildman–Crippen MR) is 88.6 cm³/mol. The topological polar surface area (TPSA) is 26.3 Å². The van der Waals surface area contributed by atoms with E-state index in [0.29, 0.717) is 0 Å². The quantitative estimate of drug-likeness (QED) is 0.683. The zero-order chi connectivity index (χ0) is 15.4. The van der Waals surface area contributed by atoms with Crippen LogP contribution in [0.25, 0.3) is 11.1 Å². The molecule has 2 aliphatic carbocycles. The van der Waals surface area contributed by atoms with E-state index in [1.165, 1.54) is 0 Å². The first-order chi connectivity index (χ1) is 11.3. The minimum atomic E-state index is -0.737. The molecule has 110 valence electrons. The highest BCUT2D eigenvalue weighted by atomic mass is 16.6. The Bertz CT molecular complexity index is 885. The van der Waals surface area contributed by atoms with Crippen LogP contribution in [0.1, 0.15) is 11.1 Å². The number of carbonyl (C=O) groups is 1. The Labute approximate surface area is 134 Å². The SMILES string of the molecule is O=C1OC2(c3ccccc3-c3ccccc32)C2C=CC=CC=C12. The van der Waals surface area contributed by atoms with Crippen molar-refractivity contribution in [3.8, 4) is 11.1 Å². The molecule has 0 aromatic heterocycles. The van der Waals surface area contributed by atoms with Crippen LogP contribution in [0.4, 0.5) is 0 Å². The molecule has 0 N–H and O–H groups in total. The molecular formula is C21H14O2. The first-order valence-corrected chi connectivity index (χ1v) is 7.80. The highest BCUT2D eigenvalue weighted by Gasteiger charge is 2.58. The van der Waals surface area contributed by atoms with Crippen molar-refractivity contribution in [2.75, 3.05) is 0 Å². The van der Waals surface area contributed by atoms with Crippen LogP contribution in [0.2, 0.25) is 0 Å². The summed E-state index contributed by atoms with van der Waals surface area (Å²) >= 11 is 0. The van der Waals surface area contributed by atoms with Crippen LogP contribution in [0.5, 0.6) is 0 Å². The molecular weight excluding hydrogens is 284 g/mol. The summed E-state index contributed by atoms with van der Waals surface area (Å²) in [5.74, 6) is -0.326. The number of benzene rings is 2. The summed E-state index contributed by atoms with van der Waals surface area (Å²) in [4.78, 5) is 12.6. The Balaban J connectivity index is 1.88. The molecule has 1 spiro atoms. The maximum atomic E-state index is 12.6. The number of fused-ring (bicyclic) bond motifs is 7. The molecule has 2 nitrogen and oxygen atoms in total. The number of carbonyl (C=O) groups excluding carboxylic acids is 1. The smallest absolute Gasteiger partial charge is 0.336 e.